The maximum atomic E-state index is 12.7. The van der Waals surface area contributed by atoms with Gasteiger partial charge < -0.3 is 9.84 Å². The third kappa shape index (κ3) is 4.35. The highest BCUT2D eigenvalue weighted by atomic mass is 19.4. The minimum Gasteiger partial charge on any atom is -0.338 e. The summed E-state index contributed by atoms with van der Waals surface area (Å²) < 4.78 is 43.2. The van der Waals surface area contributed by atoms with Gasteiger partial charge in [-0.3, -0.25) is 0 Å². The van der Waals surface area contributed by atoms with Crippen LogP contribution in [0.25, 0.3) is 5.57 Å². The van der Waals surface area contributed by atoms with Gasteiger partial charge in [-0.1, -0.05) is 42.1 Å². The van der Waals surface area contributed by atoms with Crippen molar-refractivity contribution in [3.63, 3.8) is 0 Å². The second-order valence-electron chi connectivity index (χ2n) is 4.63. The van der Waals surface area contributed by atoms with Crippen molar-refractivity contribution in [3.05, 3.63) is 72.5 Å². The van der Waals surface area contributed by atoms with Crippen molar-refractivity contribution in [1.29, 1.82) is 0 Å². The number of nitrogens with one attached hydrogen (secondary N) is 1. The Balaban J connectivity index is 2.21. The van der Waals surface area contributed by atoms with Crippen LogP contribution in [-0.4, -0.2) is 5.16 Å². The monoisotopic (exact) mass is 320 g/mol. The van der Waals surface area contributed by atoms with Crippen LogP contribution in [0, 0.1) is 0 Å². The summed E-state index contributed by atoms with van der Waals surface area (Å²) in [7, 11) is 0. The predicted octanol–water partition coefficient (Wildman–Crippen LogP) is 5.58. The van der Waals surface area contributed by atoms with E-state index in [4.69, 9.17) is 4.52 Å². The molecular formula is C17H15F3N2O. The number of rotatable bonds is 5. The van der Waals surface area contributed by atoms with Crippen LogP contribution in [0.1, 0.15) is 18.2 Å². The average molecular weight is 320 g/mol. The van der Waals surface area contributed by atoms with E-state index >= 15 is 0 Å². The molecule has 2 rings (SSSR count). The molecule has 0 aliphatic rings. The molecule has 0 fully saturated rings. The number of alkyl halides is 3. The minimum absolute atomic E-state index is 0.243. The molecule has 23 heavy (non-hydrogen) atoms. The Bertz CT molecular complexity index is 742. The first-order chi connectivity index (χ1) is 10.9. The van der Waals surface area contributed by atoms with Crippen molar-refractivity contribution in [1.82, 2.24) is 5.16 Å². The summed E-state index contributed by atoms with van der Waals surface area (Å²) in [5.74, 6) is 0.243. The van der Waals surface area contributed by atoms with Gasteiger partial charge in [-0.15, -0.1) is 0 Å². The van der Waals surface area contributed by atoms with E-state index in [1.807, 2.05) is 19.1 Å². The van der Waals surface area contributed by atoms with Crippen LogP contribution >= 0.6 is 0 Å². The van der Waals surface area contributed by atoms with Gasteiger partial charge in [0.2, 0.25) is 5.88 Å². The van der Waals surface area contributed by atoms with Crippen molar-refractivity contribution in [2.24, 2.45) is 0 Å². The standard InChI is InChI=1S/C17H15F3N2O/c1-3-5-7-12(4-2)15-11-16(23-22-15)21-14-9-6-8-13(10-14)17(18,19)20/h3-11,21H,2H2,1H3/b5-3-,12-7+. The van der Waals surface area contributed by atoms with Crippen LogP contribution in [-0.2, 0) is 6.18 Å². The summed E-state index contributed by atoms with van der Waals surface area (Å²) in [5, 5.41) is 6.64. The zero-order chi connectivity index (χ0) is 16.9. The number of hydrogen-bond acceptors (Lipinski definition) is 3. The number of anilines is 2. The Kier molecular flexibility index (Phi) is 5.05. The van der Waals surface area contributed by atoms with Gasteiger partial charge in [0.05, 0.1) is 5.56 Å². The van der Waals surface area contributed by atoms with Gasteiger partial charge in [0, 0.05) is 17.3 Å². The Labute approximate surface area is 131 Å². The molecule has 1 N–H and O–H groups in total. The summed E-state index contributed by atoms with van der Waals surface area (Å²) in [6, 6.07) is 6.45. The lowest BCUT2D eigenvalue weighted by Crippen LogP contribution is -2.05. The zero-order valence-corrected chi connectivity index (χ0v) is 12.4. The molecule has 0 unspecified atom stereocenters. The van der Waals surface area contributed by atoms with E-state index in [0.717, 1.165) is 17.7 Å². The number of benzene rings is 1. The third-order valence-electron chi connectivity index (χ3n) is 2.95. The lowest BCUT2D eigenvalue weighted by molar-refractivity contribution is -0.137. The molecule has 0 atom stereocenters. The molecule has 3 nitrogen and oxygen atoms in total. The third-order valence-corrected chi connectivity index (χ3v) is 2.95. The number of hydrogen-bond donors (Lipinski definition) is 1. The molecule has 1 heterocycles. The first-order valence-electron chi connectivity index (χ1n) is 6.81. The van der Waals surface area contributed by atoms with Gasteiger partial charge >= 0.3 is 6.18 Å². The van der Waals surface area contributed by atoms with Crippen LogP contribution in [0.15, 0.2) is 65.7 Å². The molecule has 1 aromatic heterocycles. The molecule has 0 bridgehead atoms. The second-order valence-corrected chi connectivity index (χ2v) is 4.63. The second kappa shape index (κ2) is 7.00. The maximum Gasteiger partial charge on any atom is 0.416 e. The van der Waals surface area contributed by atoms with E-state index in [0.29, 0.717) is 5.69 Å². The fraction of sp³-hybridized carbons (Fsp3) is 0.118. The molecule has 0 aliphatic heterocycles. The number of halogens is 3. The van der Waals surface area contributed by atoms with Crippen LogP contribution in [0.4, 0.5) is 24.7 Å². The molecular weight excluding hydrogens is 305 g/mol. The highest BCUT2D eigenvalue weighted by Gasteiger charge is 2.30. The summed E-state index contributed by atoms with van der Waals surface area (Å²) in [6.07, 6.45) is 2.71. The van der Waals surface area contributed by atoms with Crippen molar-refractivity contribution in [2.45, 2.75) is 13.1 Å². The van der Waals surface area contributed by atoms with Gasteiger partial charge in [0.1, 0.15) is 5.69 Å². The largest absolute Gasteiger partial charge is 0.416 e. The van der Waals surface area contributed by atoms with Gasteiger partial charge in [-0.2, -0.15) is 13.2 Å². The van der Waals surface area contributed by atoms with Crippen molar-refractivity contribution in [3.8, 4) is 0 Å². The van der Waals surface area contributed by atoms with Gasteiger partial charge in [0.25, 0.3) is 0 Å². The van der Waals surface area contributed by atoms with Crippen LogP contribution in [0.5, 0.6) is 0 Å². The van der Waals surface area contributed by atoms with Crippen molar-refractivity contribution < 1.29 is 17.7 Å². The fourth-order valence-corrected chi connectivity index (χ4v) is 1.84. The lowest BCUT2D eigenvalue weighted by Gasteiger charge is -2.08. The molecule has 0 spiro atoms. The number of aromatic nitrogens is 1. The number of nitrogens with zero attached hydrogens (tertiary/aromatic N) is 1. The fourth-order valence-electron chi connectivity index (χ4n) is 1.84. The minimum atomic E-state index is -4.39. The quantitative estimate of drug-likeness (QED) is 0.731. The molecule has 0 saturated heterocycles. The molecule has 0 aliphatic carbocycles. The molecule has 0 saturated carbocycles. The highest BCUT2D eigenvalue weighted by Crippen LogP contribution is 2.31. The van der Waals surface area contributed by atoms with E-state index in [1.54, 1.807) is 18.2 Å². The van der Waals surface area contributed by atoms with Crippen molar-refractivity contribution in [2.75, 3.05) is 5.32 Å². The van der Waals surface area contributed by atoms with E-state index < -0.39 is 11.7 Å². The normalized spacial score (nSPS) is 12.6. The van der Waals surface area contributed by atoms with E-state index in [2.05, 4.69) is 17.1 Å². The van der Waals surface area contributed by atoms with E-state index in [-0.39, 0.29) is 11.6 Å². The predicted molar refractivity (Wildman–Crippen MR) is 84.2 cm³/mol. The van der Waals surface area contributed by atoms with Gasteiger partial charge in [-0.05, 0) is 25.1 Å². The lowest BCUT2D eigenvalue weighted by atomic mass is 10.1. The Morgan fingerprint density at radius 1 is 1.30 bits per heavy atom. The SMILES string of the molecule is C=C/C(=C\C=C/C)c1cc(Nc2cccc(C(F)(F)F)c2)on1. The molecule has 120 valence electrons. The van der Waals surface area contributed by atoms with Gasteiger partial charge in [0.15, 0.2) is 0 Å². The first-order valence-corrected chi connectivity index (χ1v) is 6.81. The topological polar surface area (TPSA) is 38.1 Å². The Hall–Kier alpha value is -2.76. The van der Waals surface area contributed by atoms with Crippen LogP contribution < -0.4 is 5.32 Å². The average Bonchev–Trinajstić information content (AvgIpc) is 2.96. The molecule has 6 heteroatoms. The highest BCUT2D eigenvalue weighted by molar-refractivity contribution is 5.74. The molecule has 2 aromatic rings. The molecule has 0 amide bonds. The van der Waals surface area contributed by atoms with Crippen LogP contribution in [0.3, 0.4) is 0 Å². The summed E-state index contributed by atoms with van der Waals surface area (Å²) in [5.41, 5.74) is 0.804. The zero-order valence-electron chi connectivity index (χ0n) is 12.4. The number of allylic oxidation sites excluding steroid dienone is 5. The van der Waals surface area contributed by atoms with Crippen LogP contribution in [0.2, 0.25) is 0 Å². The first kappa shape index (κ1) is 16.6. The molecule has 1 aromatic carbocycles. The Morgan fingerprint density at radius 2 is 2.09 bits per heavy atom. The van der Waals surface area contributed by atoms with E-state index in [1.165, 1.54) is 12.1 Å². The smallest absolute Gasteiger partial charge is 0.338 e. The van der Waals surface area contributed by atoms with E-state index in [9.17, 15) is 13.2 Å². The molecule has 0 radical (unpaired) electrons. The summed E-state index contributed by atoms with van der Waals surface area (Å²) in [6.45, 7) is 5.57. The summed E-state index contributed by atoms with van der Waals surface area (Å²) in [4.78, 5) is 0. The maximum absolute atomic E-state index is 12.7. The summed E-state index contributed by atoms with van der Waals surface area (Å²) >= 11 is 0. The van der Waals surface area contributed by atoms with Gasteiger partial charge in [-0.25, -0.2) is 0 Å². The van der Waals surface area contributed by atoms with Crippen molar-refractivity contribution >= 4 is 17.1 Å². The Morgan fingerprint density at radius 3 is 2.74 bits per heavy atom.